The van der Waals surface area contributed by atoms with Gasteiger partial charge < -0.3 is 5.32 Å². The van der Waals surface area contributed by atoms with E-state index in [2.05, 4.69) is 10.3 Å². The van der Waals surface area contributed by atoms with Gasteiger partial charge in [0.15, 0.2) is 5.13 Å². The minimum absolute atomic E-state index is 0.0680. The van der Waals surface area contributed by atoms with E-state index in [1.807, 2.05) is 0 Å². The molecule has 7 heteroatoms. The molecule has 3 rings (SSSR count). The Labute approximate surface area is 136 Å². The number of hydrogen-bond donors (Lipinski definition) is 1. The third-order valence-corrected chi connectivity index (χ3v) is 4.83. The number of rotatable bonds is 3. The molecule has 0 bridgehead atoms. The summed E-state index contributed by atoms with van der Waals surface area (Å²) in [6.45, 7) is 2.45. The standard InChI is InChI=1S/C15H14ClN3O2S/c1-9-13(14(21)18-11-6-4-10(16)5-7-11)22-15(17-9)19-8-2-3-12(19)20/h4-7H,2-3,8H2,1H3,(H,18,21). The monoisotopic (exact) mass is 335 g/mol. The molecule has 1 aromatic heterocycles. The van der Waals surface area contributed by atoms with Crippen LogP contribution in [0.1, 0.15) is 28.2 Å². The third kappa shape index (κ3) is 2.98. The number of nitrogens with one attached hydrogen (secondary N) is 1. The van der Waals surface area contributed by atoms with Crippen LogP contribution >= 0.6 is 22.9 Å². The zero-order chi connectivity index (χ0) is 15.7. The molecule has 0 radical (unpaired) electrons. The number of benzene rings is 1. The summed E-state index contributed by atoms with van der Waals surface area (Å²) >= 11 is 7.07. The maximum atomic E-state index is 12.4. The van der Waals surface area contributed by atoms with E-state index < -0.39 is 0 Å². The van der Waals surface area contributed by atoms with Gasteiger partial charge in [0, 0.05) is 23.7 Å². The van der Waals surface area contributed by atoms with Crippen LogP contribution < -0.4 is 10.2 Å². The van der Waals surface area contributed by atoms with E-state index in [1.54, 1.807) is 36.1 Å². The Bertz CT molecular complexity index is 727. The van der Waals surface area contributed by atoms with Crippen LogP contribution in [0.2, 0.25) is 5.02 Å². The second-order valence-electron chi connectivity index (χ2n) is 5.02. The molecule has 5 nitrogen and oxygen atoms in total. The first-order chi connectivity index (χ1) is 10.5. The summed E-state index contributed by atoms with van der Waals surface area (Å²) in [5, 5.41) is 4.02. The molecule has 1 fully saturated rings. The molecule has 1 aromatic carbocycles. The number of aryl methyl sites for hydroxylation is 1. The van der Waals surface area contributed by atoms with Crippen molar-refractivity contribution in [2.45, 2.75) is 19.8 Å². The third-order valence-electron chi connectivity index (χ3n) is 3.40. The first-order valence-electron chi connectivity index (χ1n) is 6.89. The maximum absolute atomic E-state index is 12.4. The van der Waals surface area contributed by atoms with Gasteiger partial charge in [-0.3, -0.25) is 14.5 Å². The molecular formula is C15H14ClN3O2S. The summed E-state index contributed by atoms with van der Waals surface area (Å²) in [7, 11) is 0. The van der Waals surface area contributed by atoms with Crippen molar-refractivity contribution in [2.24, 2.45) is 0 Å². The minimum atomic E-state index is -0.227. The van der Waals surface area contributed by atoms with E-state index in [-0.39, 0.29) is 11.8 Å². The van der Waals surface area contributed by atoms with Crippen LogP contribution in [0.4, 0.5) is 10.8 Å². The number of nitrogens with zero attached hydrogens (tertiary/aromatic N) is 2. The van der Waals surface area contributed by atoms with Crippen molar-refractivity contribution in [3.05, 3.63) is 39.9 Å². The molecule has 22 heavy (non-hydrogen) atoms. The van der Waals surface area contributed by atoms with Crippen LogP contribution in [0.5, 0.6) is 0 Å². The number of thiazole rings is 1. The highest BCUT2D eigenvalue weighted by atomic mass is 35.5. The van der Waals surface area contributed by atoms with E-state index in [0.29, 0.717) is 39.4 Å². The average molecular weight is 336 g/mol. The van der Waals surface area contributed by atoms with Gasteiger partial charge in [0.05, 0.1) is 5.69 Å². The summed E-state index contributed by atoms with van der Waals surface area (Å²) in [6.07, 6.45) is 1.38. The van der Waals surface area contributed by atoms with Crippen molar-refractivity contribution in [3.63, 3.8) is 0 Å². The molecular weight excluding hydrogens is 322 g/mol. The quantitative estimate of drug-likeness (QED) is 0.934. The Hall–Kier alpha value is -1.92. The summed E-state index contributed by atoms with van der Waals surface area (Å²) in [4.78, 5) is 30.6. The smallest absolute Gasteiger partial charge is 0.267 e. The van der Waals surface area contributed by atoms with Gasteiger partial charge in [-0.2, -0.15) is 0 Å². The lowest BCUT2D eigenvalue weighted by Gasteiger charge is -2.10. The average Bonchev–Trinajstić information content (AvgIpc) is 3.07. The second kappa shape index (κ2) is 6.06. The van der Waals surface area contributed by atoms with Crippen LogP contribution in [0.25, 0.3) is 0 Å². The Balaban J connectivity index is 1.79. The van der Waals surface area contributed by atoms with Crippen molar-refractivity contribution in [1.29, 1.82) is 0 Å². The number of carbonyl (C=O) groups is 2. The van der Waals surface area contributed by atoms with Gasteiger partial charge in [0.2, 0.25) is 5.91 Å². The zero-order valence-electron chi connectivity index (χ0n) is 11.9. The summed E-state index contributed by atoms with van der Waals surface area (Å²) < 4.78 is 0. The molecule has 0 unspecified atom stereocenters. The topological polar surface area (TPSA) is 62.3 Å². The van der Waals surface area contributed by atoms with Crippen LogP contribution in [-0.4, -0.2) is 23.3 Å². The first-order valence-corrected chi connectivity index (χ1v) is 8.09. The van der Waals surface area contributed by atoms with E-state index in [0.717, 1.165) is 6.42 Å². The fourth-order valence-electron chi connectivity index (χ4n) is 2.28. The molecule has 2 heterocycles. The molecule has 1 saturated heterocycles. The fourth-order valence-corrected chi connectivity index (χ4v) is 3.41. The lowest BCUT2D eigenvalue weighted by atomic mass is 10.3. The molecule has 1 aliphatic heterocycles. The molecule has 0 atom stereocenters. The van der Waals surface area contributed by atoms with Crippen molar-refractivity contribution in [1.82, 2.24) is 4.98 Å². The van der Waals surface area contributed by atoms with Crippen LogP contribution in [0, 0.1) is 6.92 Å². The second-order valence-corrected chi connectivity index (χ2v) is 6.43. The molecule has 2 aromatic rings. The summed E-state index contributed by atoms with van der Waals surface area (Å²) in [6, 6.07) is 6.90. The molecule has 0 spiro atoms. The SMILES string of the molecule is Cc1nc(N2CCCC2=O)sc1C(=O)Nc1ccc(Cl)cc1. The highest BCUT2D eigenvalue weighted by Crippen LogP contribution is 2.29. The number of anilines is 2. The van der Waals surface area contributed by atoms with E-state index in [4.69, 9.17) is 11.6 Å². The van der Waals surface area contributed by atoms with Crippen molar-refractivity contribution in [3.8, 4) is 0 Å². The van der Waals surface area contributed by atoms with Crippen molar-refractivity contribution in [2.75, 3.05) is 16.8 Å². The lowest BCUT2D eigenvalue weighted by Crippen LogP contribution is -2.23. The van der Waals surface area contributed by atoms with Gasteiger partial charge in [-0.05, 0) is 37.6 Å². The van der Waals surface area contributed by atoms with E-state index >= 15 is 0 Å². The number of aromatic nitrogens is 1. The van der Waals surface area contributed by atoms with Gasteiger partial charge in [-0.15, -0.1) is 0 Å². The van der Waals surface area contributed by atoms with Gasteiger partial charge in [-0.1, -0.05) is 22.9 Å². The van der Waals surface area contributed by atoms with Crippen molar-refractivity contribution >= 4 is 45.6 Å². The van der Waals surface area contributed by atoms with Gasteiger partial charge in [0.25, 0.3) is 5.91 Å². The Morgan fingerprint density at radius 3 is 2.73 bits per heavy atom. The predicted octanol–water partition coefficient (Wildman–Crippen LogP) is 3.48. The minimum Gasteiger partial charge on any atom is -0.321 e. The summed E-state index contributed by atoms with van der Waals surface area (Å²) in [5.74, 6) is -0.159. The largest absolute Gasteiger partial charge is 0.321 e. The number of carbonyl (C=O) groups excluding carboxylic acids is 2. The Morgan fingerprint density at radius 1 is 1.36 bits per heavy atom. The van der Waals surface area contributed by atoms with E-state index in [1.165, 1.54) is 11.3 Å². The number of amides is 2. The Morgan fingerprint density at radius 2 is 2.09 bits per heavy atom. The number of halogens is 1. The molecule has 114 valence electrons. The fraction of sp³-hybridized carbons (Fsp3) is 0.267. The highest BCUT2D eigenvalue weighted by Gasteiger charge is 2.26. The van der Waals surface area contributed by atoms with Crippen LogP contribution in [0.3, 0.4) is 0 Å². The summed E-state index contributed by atoms with van der Waals surface area (Å²) in [5.41, 5.74) is 1.30. The van der Waals surface area contributed by atoms with Crippen LogP contribution in [0.15, 0.2) is 24.3 Å². The molecule has 2 amide bonds. The Kier molecular flexibility index (Phi) is 4.13. The van der Waals surface area contributed by atoms with Crippen LogP contribution in [-0.2, 0) is 4.79 Å². The highest BCUT2D eigenvalue weighted by molar-refractivity contribution is 7.18. The molecule has 0 aliphatic carbocycles. The van der Waals surface area contributed by atoms with Crippen molar-refractivity contribution < 1.29 is 9.59 Å². The number of hydrogen-bond acceptors (Lipinski definition) is 4. The molecule has 1 N–H and O–H groups in total. The van der Waals surface area contributed by atoms with Gasteiger partial charge >= 0.3 is 0 Å². The maximum Gasteiger partial charge on any atom is 0.267 e. The lowest BCUT2D eigenvalue weighted by molar-refractivity contribution is -0.117. The normalized spacial score (nSPS) is 14.5. The zero-order valence-corrected chi connectivity index (χ0v) is 13.5. The molecule has 1 aliphatic rings. The first kappa shape index (κ1) is 15.0. The van der Waals surface area contributed by atoms with Gasteiger partial charge in [0.1, 0.15) is 4.88 Å². The molecule has 0 saturated carbocycles. The predicted molar refractivity (Wildman–Crippen MR) is 87.8 cm³/mol. The van der Waals surface area contributed by atoms with Gasteiger partial charge in [-0.25, -0.2) is 4.98 Å². The van der Waals surface area contributed by atoms with E-state index in [9.17, 15) is 9.59 Å².